The van der Waals surface area contributed by atoms with Gasteiger partial charge in [-0.3, -0.25) is 9.48 Å². The Morgan fingerprint density at radius 3 is 2.69 bits per heavy atom. The van der Waals surface area contributed by atoms with Crippen molar-refractivity contribution < 1.29 is 26.4 Å². The fourth-order valence-electron chi connectivity index (χ4n) is 2.44. The summed E-state index contributed by atoms with van der Waals surface area (Å²) in [6, 6.07) is 4.08. The van der Waals surface area contributed by atoms with E-state index in [2.05, 4.69) is 15.1 Å². The molecule has 0 spiro atoms. The molecule has 0 aliphatic heterocycles. The smallest absolute Gasteiger partial charge is 0.356 e. The minimum absolute atomic E-state index is 0.102. The van der Waals surface area contributed by atoms with Crippen LogP contribution in [0.3, 0.4) is 0 Å². The van der Waals surface area contributed by atoms with E-state index >= 15 is 0 Å². The SMILES string of the molecule is CC(CNC(=O)CCNS(=O)(=O)c1ccc(Cl)c(C(F)(F)F)c1)Cn1cccn1. The van der Waals surface area contributed by atoms with Crippen LogP contribution in [0.4, 0.5) is 13.2 Å². The van der Waals surface area contributed by atoms with Gasteiger partial charge in [-0.2, -0.15) is 18.3 Å². The van der Waals surface area contributed by atoms with Gasteiger partial charge in [0, 0.05) is 38.4 Å². The number of nitrogens with one attached hydrogen (secondary N) is 2. The number of sulfonamides is 1. The summed E-state index contributed by atoms with van der Waals surface area (Å²) in [6.07, 6.45) is -1.49. The zero-order chi connectivity index (χ0) is 21.7. The average molecular weight is 453 g/mol. The molecular weight excluding hydrogens is 433 g/mol. The number of aromatic nitrogens is 2. The largest absolute Gasteiger partial charge is 0.417 e. The molecule has 1 aromatic carbocycles. The Balaban J connectivity index is 1.83. The van der Waals surface area contributed by atoms with Crippen LogP contribution in [0.15, 0.2) is 41.6 Å². The van der Waals surface area contributed by atoms with Crippen molar-refractivity contribution in [2.45, 2.75) is 31.0 Å². The maximum absolute atomic E-state index is 12.9. The third-order valence-corrected chi connectivity index (χ3v) is 5.69. The van der Waals surface area contributed by atoms with E-state index in [-0.39, 0.29) is 24.8 Å². The average Bonchev–Trinajstić information content (AvgIpc) is 3.12. The zero-order valence-corrected chi connectivity index (χ0v) is 17.0. The molecule has 0 saturated carbocycles. The van der Waals surface area contributed by atoms with Crippen LogP contribution >= 0.6 is 11.6 Å². The molecule has 1 unspecified atom stereocenters. The van der Waals surface area contributed by atoms with Gasteiger partial charge in [-0.1, -0.05) is 18.5 Å². The van der Waals surface area contributed by atoms with Crippen molar-refractivity contribution in [3.8, 4) is 0 Å². The van der Waals surface area contributed by atoms with Crippen LogP contribution < -0.4 is 10.0 Å². The predicted molar refractivity (Wildman–Crippen MR) is 101 cm³/mol. The molecule has 0 fully saturated rings. The van der Waals surface area contributed by atoms with Crippen LogP contribution in [0.5, 0.6) is 0 Å². The summed E-state index contributed by atoms with van der Waals surface area (Å²) >= 11 is 5.49. The highest BCUT2D eigenvalue weighted by Gasteiger charge is 2.34. The fourth-order valence-corrected chi connectivity index (χ4v) is 3.72. The van der Waals surface area contributed by atoms with Crippen LogP contribution in [0.2, 0.25) is 5.02 Å². The molecule has 12 heteroatoms. The molecule has 2 N–H and O–H groups in total. The second-order valence-corrected chi connectivity index (χ2v) is 8.60. The third-order valence-electron chi connectivity index (χ3n) is 3.90. The number of nitrogens with zero attached hydrogens (tertiary/aromatic N) is 2. The van der Waals surface area contributed by atoms with Gasteiger partial charge in [0.15, 0.2) is 0 Å². The van der Waals surface area contributed by atoms with Crippen LogP contribution in [0, 0.1) is 5.92 Å². The lowest BCUT2D eigenvalue weighted by Crippen LogP contribution is -2.33. The van der Waals surface area contributed by atoms with Gasteiger partial charge in [0.1, 0.15) is 0 Å². The number of carbonyl (C=O) groups is 1. The van der Waals surface area contributed by atoms with Crippen LogP contribution in [-0.2, 0) is 27.5 Å². The Labute approximate surface area is 171 Å². The summed E-state index contributed by atoms with van der Waals surface area (Å²) < 4.78 is 66.9. The molecule has 1 heterocycles. The Hall–Kier alpha value is -2.11. The lowest BCUT2D eigenvalue weighted by Gasteiger charge is -2.13. The van der Waals surface area contributed by atoms with Crippen molar-refractivity contribution in [1.82, 2.24) is 19.8 Å². The van der Waals surface area contributed by atoms with Crippen LogP contribution in [0.25, 0.3) is 0 Å². The minimum atomic E-state index is -4.78. The molecule has 2 rings (SSSR count). The third kappa shape index (κ3) is 7.02. The lowest BCUT2D eigenvalue weighted by molar-refractivity contribution is -0.137. The van der Waals surface area contributed by atoms with E-state index in [0.717, 1.165) is 12.1 Å². The fraction of sp³-hybridized carbons (Fsp3) is 0.412. The summed E-state index contributed by atoms with van der Waals surface area (Å²) in [5, 5.41) is 6.14. The Bertz CT molecular complexity index is 934. The van der Waals surface area contributed by atoms with Crippen molar-refractivity contribution in [1.29, 1.82) is 0 Å². The molecule has 0 aliphatic rings. The van der Waals surface area contributed by atoms with Gasteiger partial charge < -0.3 is 5.32 Å². The number of amides is 1. The molecule has 0 bridgehead atoms. The van der Waals surface area contributed by atoms with Gasteiger partial charge in [-0.05, 0) is 30.2 Å². The second-order valence-electron chi connectivity index (χ2n) is 6.42. The van der Waals surface area contributed by atoms with Gasteiger partial charge in [-0.25, -0.2) is 13.1 Å². The van der Waals surface area contributed by atoms with Crippen molar-refractivity contribution in [3.63, 3.8) is 0 Å². The molecule has 0 saturated heterocycles. The Kier molecular flexibility index (Phi) is 7.66. The molecule has 2 aromatic rings. The van der Waals surface area contributed by atoms with Crippen molar-refractivity contribution in [3.05, 3.63) is 47.2 Å². The highest BCUT2D eigenvalue weighted by atomic mass is 35.5. The van der Waals surface area contributed by atoms with Gasteiger partial charge in [0.05, 0.1) is 15.5 Å². The number of hydrogen-bond donors (Lipinski definition) is 2. The Morgan fingerprint density at radius 1 is 1.34 bits per heavy atom. The molecule has 0 radical (unpaired) electrons. The first-order valence-electron chi connectivity index (χ1n) is 8.59. The number of carbonyl (C=O) groups excluding carboxylic acids is 1. The maximum atomic E-state index is 12.9. The van der Waals surface area contributed by atoms with Gasteiger partial charge >= 0.3 is 6.18 Å². The normalized spacial score (nSPS) is 13.3. The molecule has 160 valence electrons. The molecule has 29 heavy (non-hydrogen) atoms. The minimum Gasteiger partial charge on any atom is -0.356 e. The van der Waals surface area contributed by atoms with E-state index < -0.39 is 31.7 Å². The maximum Gasteiger partial charge on any atom is 0.417 e. The predicted octanol–water partition coefficient (Wildman–Crippen LogP) is 2.68. The molecular formula is C17H20ClF3N4O3S. The van der Waals surface area contributed by atoms with Crippen molar-refractivity contribution in [2.75, 3.05) is 13.1 Å². The first kappa shape index (κ1) is 23.2. The quantitative estimate of drug-likeness (QED) is 0.611. The zero-order valence-electron chi connectivity index (χ0n) is 15.4. The van der Waals surface area contributed by atoms with Gasteiger partial charge in [-0.15, -0.1) is 0 Å². The number of halogens is 4. The lowest BCUT2D eigenvalue weighted by atomic mass is 10.2. The molecule has 0 aliphatic carbocycles. The molecule has 1 amide bonds. The highest BCUT2D eigenvalue weighted by molar-refractivity contribution is 7.89. The summed E-state index contributed by atoms with van der Waals surface area (Å²) in [6.45, 7) is 2.64. The summed E-state index contributed by atoms with van der Waals surface area (Å²) in [5.41, 5.74) is -1.24. The van der Waals surface area contributed by atoms with Crippen LogP contribution in [-0.4, -0.2) is 37.2 Å². The Morgan fingerprint density at radius 2 is 2.07 bits per heavy atom. The monoisotopic (exact) mass is 452 g/mol. The first-order chi connectivity index (χ1) is 13.5. The summed E-state index contributed by atoms with van der Waals surface area (Å²) in [5.74, 6) is -0.280. The highest BCUT2D eigenvalue weighted by Crippen LogP contribution is 2.35. The van der Waals surface area contributed by atoms with E-state index in [0.29, 0.717) is 19.2 Å². The first-order valence-corrected chi connectivity index (χ1v) is 10.5. The molecule has 1 atom stereocenters. The van der Waals surface area contributed by atoms with E-state index in [1.807, 2.05) is 6.92 Å². The van der Waals surface area contributed by atoms with E-state index in [1.54, 1.807) is 23.1 Å². The van der Waals surface area contributed by atoms with Gasteiger partial charge in [0.25, 0.3) is 0 Å². The number of benzene rings is 1. The molecule has 1 aromatic heterocycles. The number of rotatable bonds is 9. The van der Waals surface area contributed by atoms with E-state index in [1.165, 1.54) is 0 Å². The number of hydrogen-bond acceptors (Lipinski definition) is 4. The number of alkyl halides is 3. The van der Waals surface area contributed by atoms with Crippen LogP contribution in [0.1, 0.15) is 18.9 Å². The summed E-state index contributed by atoms with van der Waals surface area (Å²) in [7, 11) is -4.22. The molecule has 7 nitrogen and oxygen atoms in total. The van der Waals surface area contributed by atoms with E-state index in [4.69, 9.17) is 11.6 Å². The van der Waals surface area contributed by atoms with Crippen molar-refractivity contribution >= 4 is 27.5 Å². The summed E-state index contributed by atoms with van der Waals surface area (Å²) in [4.78, 5) is 11.3. The standard InChI is InChI=1S/C17H20ClF3N4O3S/c1-12(11-25-8-2-6-23-25)10-22-16(26)5-7-24-29(27,28)13-3-4-15(18)14(9-13)17(19,20)21/h2-4,6,8-9,12,24H,5,7,10-11H2,1H3,(H,22,26). The van der Waals surface area contributed by atoms with Gasteiger partial charge in [0.2, 0.25) is 15.9 Å². The second kappa shape index (κ2) is 9.59. The van der Waals surface area contributed by atoms with E-state index in [9.17, 15) is 26.4 Å². The van der Waals surface area contributed by atoms with Crippen molar-refractivity contribution in [2.24, 2.45) is 5.92 Å². The topological polar surface area (TPSA) is 93.1 Å².